The molecule has 0 fully saturated rings. The van der Waals surface area contributed by atoms with Crippen molar-refractivity contribution in [3.8, 4) is 11.5 Å². The van der Waals surface area contributed by atoms with Crippen molar-refractivity contribution in [2.45, 2.75) is 26.5 Å². The van der Waals surface area contributed by atoms with E-state index in [0.717, 1.165) is 22.4 Å². The van der Waals surface area contributed by atoms with Crippen molar-refractivity contribution in [2.24, 2.45) is 4.99 Å². The highest BCUT2D eigenvalue weighted by Crippen LogP contribution is 2.32. The monoisotopic (exact) mass is 540 g/mol. The standard InChI is InChI=1S/C31H28N2O5S/c1-4-37-30(35)27-20(2)32-31-33(28(27)23-11-8-12-25(18-23)36-3)29(34)26(39-31)17-21-13-15-24(16-14-21)38-19-22-9-6-5-7-10-22/h5-18,28H,4,19H2,1-3H3. The first-order chi connectivity index (χ1) is 19.0. The van der Waals surface area contributed by atoms with Gasteiger partial charge in [0.25, 0.3) is 5.56 Å². The zero-order valence-corrected chi connectivity index (χ0v) is 22.7. The van der Waals surface area contributed by atoms with Gasteiger partial charge in [-0.25, -0.2) is 9.79 Å². The smallest absolute Gasteiger partial charge is 0.338 e. The van der Waals surface area contributed by atoms with Crippen LogP contribution in [-0.4, -0.2) is 24.3 Å². The fraction of sp³-hybridized carbons (Fsp3) is 0.194. The van der Waals surface area contributed by atoms with Gasteiger partial charge in [0.05, 0.1) is 35.6 Å². The zero-order valence-electron chi connectivity index (χ0n) is 21.9. The third-order valence-electron chi connectivity index (χ3n) is 6.35. The number of fused-ring (bicyclic) bond motifs is 1. The van der Waals surface area contributed by atoms with Crippen LogP contribution in [0.4, 0.5) is 0 Å². The van der Waals surface area contributed by atoms with E-state index in [9.17, 15) is 9.59 Å². The fourth-order valence-electron chi connectivity index (χ4n) is 4.47. The van der Waals surface area contributed by atoms with Gasteiger partial charge in [0, 0.05) is 0 Å². The Labute approximate surface area is 229 Å². The van der Waals surface area contributed by atoms with Gasteiger partial charge in [-0.05, 0) is 60.9 Å². The number of methoxy groups -OCH3 is 1. The summed E-state index contributed by atoms with van der Waals surface area (Å²) >= 11 is 1.29. The Morgan fingerprint density at radius 1 is 1.03 bits per heavy atom. The molecule has 0 radical (unpaired) electrons. The van der Waals surface area contributed by atoms with E-state index in [1.807, 2.05) is 84.9 Å². The van der Waals surface area contributed by atoms with Crippen LogP contribution < -0.4 is 24.4 Å². The van der Waals surface area contributed by atoms with Gasteiger partial charge >= 0.3 is 5.97 Å². The minimum absolute atomic E-state index is 0.218. The van der Waals surface area contributed by atoms with Crippen molar-refractivity contribution in [3.63, 3.8) is 0 Å². The molecule has 2 heterocycles. The number of carbonyl (C=O) groups is 1. The molecule has 1 unspecified atom stereocenters. The number of allylic oxidation sites excluding steroid dienone is 1. The third-order valence-corrected chi connectivity index (χ3v) is 7.34. The molecule has 198 valence electrons. The molecule has 1 aliphatic heterocycles. The van der Waals surface area contributed by atoms with Crippen LogP contribution in [0, 0.1) is 0 Å². The second kappa shape index (κ2) is 11.5. The first kappa shape index (κ1) is 26.2. The van der Waals surface area contributed by atoms with Gasteiger partial charge in [-0.3, -0.25) is 9.36 Å². The van der Waals surface area contributed by atoms with E-state index in [1.165, 1.54) is 11.3 Å². The summed E-state index contributed by atoms with van der Waals surface area (Å²) in [5, 5.41) is 0. The van der Waals surface area contributed by atoms with E-state index >= 15 is 0 Å². The number of rotatable bonds is 8. The first-order valence-electron chi connectivity index (χ1n) is 12.6. The Morgan fingerprint density at radius 2 is 1.79 bits per heavy atom. The van der Waals surface area contributed by atoms with E-state index in [2.05, 4.69) is 4.99 Å². The van der Waals surface area contributed by atoms with Gasteiger partial charge in [0.1, 0.15) is 18.1 Å². The molecule has 0 saturated carbocycles. The number of ether oxygens (including phenoxy) is 3. The van der Waals surface area contributed by atoms with Gasteiger partial charge in [0.2, 0.25) is 0 Å². The van der Waals surface area contributed by atoms with Crippen molar-refractivity contribution in [1.29, 1.82) is 0 Å². The summed E-state index contributed by atoms with van der Waals surface area (Å²) in [5.41, 5.74) is 3.31. The van der Waals surface area contributed by atoms with Crippen molar-refractivity contribution >= 4 is 23.4 Å². The molecule has 0 aliphatic carbocycles. The maximum atomic E-state index is 13.8. The molecule has 8 heteroatoms. The highest BCUT2D eigenvalue weighted by molar-refractivity contribution is 7.07. The van der Waals surface area contributed by atoms with Crippen LogP contribution in [0.2, 0.25) is 0 Å². The van der Waals surface area contributed by atoms with Crippen LogP contribution in [0.3, 0.4) is 0 Å². The topological polar surface area (TPSA) is 79.1 Å². The quantitative estimate of drug-likeness (QED) is 0.310. The third kappa shape index (κ3) is 5.56. The van der Waals surface area contributed by atoms with Crippen LogP contribution in [0.25, 0.3) is 6.08 Å². The molecule has 1 atom stereocenters. The molecule has 0 spiro atoms. The number of aromatic nitrogens is 1. The lowest BCUT2D eigenvalue weighted by molar-refractivity contribution is -0.139. The molecule has 0 bridgehead atoms. The highest BCUT2D eigenvalue weighted by atomic mass is 32.1. The Hall–Kier alpha value is -4.43. The molecule has 3 aromatic carbocycles. The first-order valence-corrected chi connectivity index (χ1v) is 13.4. The molecule has 1 aliphatic rings. The van der Waals surface area contributed by atoms with Gasteiger partial charge in [-0.15, -0.1) is 0 Å². The maximum absolute atomic E-state index is 13.8. The number of hydrogen-bond acceptors (Lipinski definition) is 7. The SMILES string of the molecule is CCOC(=O)C1=C(C)N=c2sc(=Cc3ccc(OCc4ccccc4)cc3)c(=O)n2C1c1cccc(OC)c1. The lowest BCUT2D eigenvalue weighted by atomic mass is 9.95. The van der Waals surface area contributed by atoms with E-state index in [-0.39, 0.29) is 12.2 Å². The predicted octanol–water partition coefficient (Wildman–Crippen LogP) is 4.39. The molecule has 4 aromatic rings. The van der Waals surface area contributed by atoms with Crippen LogP contribution in [0.5, 0.6) is 11.5 Å². The number of thiazole rings is 1. The van der Waals surface area contributed by atoms with Crippen molar-refractivity contribution in [3.05, 3.63) is 127 Å². The van der Waals surface area contributed by atoms with E-state index in [0.29, 0.717) is 33.0 Å². The summed E-state index contributed by atoms with van der Waals surface area (Å²) in [6.07, 6.45) is 1.83. The Bertz CT molecular complexity index is 1700. The van der Waals surface area contributed by atoms with E-state index < -0.39 is 12.0 Å². The summed E-state index contributed by atoms with van der Waals surface area (Å²) in [7, 11) is 1.58. The molecule has 5 rings (SSSR count). The normalized spacial score (nSPS) is 14.9. The summed E-state index contributed by atoms with van der Waals surface area (Å²) < 4.78 is 18.7. The minimum atomic E-state index is -0.689. The fourth-order valence-corrected chi connectivity index (χ4v) is 5.52. The number of nitrogens with zero attached hydrogens (tertiary/aromatic N) is 2. The summed E-state index contributed by atoms with van der Waals surface area (Å²) in [5.74, 6) is 0.874. The zero-order chi connectivity index (χ0) is 27.4. The Balaban J connectivity index is 1.52. The van der Waals surface area contributed by atoms with Gasteiger partial charge < -0.3 is 14.2 Å². The molecule has 1 aromatic heterocycles. The lowest BCUT2D eigenvalue weighted by Gasteiger charge is -2.25. The number of benzene rings is 3. The highest BCUT2D eigenvalue weighted by Gasteiger charge is 2.33. The molecular formula is C31H28N2O5S. The molecule has 39 heavy (non-hydrogen) atoms. The van der Waals surface area contributed by atoms with E-state index in [4.69, 9.17) is 14.2 Å². The van der Waals surface area contributed by atoms with Gasteiger partial charge in [0.15, 0.2) is 4.80 Å². The Kier molecular flexibility index (Phi) is 7.74. The molecule has 0 saturated heterocycles. The lowest BCUT2D eigenvalue weighted by Crippen LogP contribution is -2.39. The van der Waals surface area contributed by atoms with Crippen LogP contribution in [0.15, 0.2) is 99.9 Å². The largest absolute Gasteiger partial charge is 0.497 e. The van der Waals surface area contributed by atoms with Gasteiger partial charge in [-0.2, -0.15) is 0 Å². The minimum Gasteiger partial charge on any atom is -0.497 e. The van der Waals surface area contributed by atoms with Crippen LogP contribution in [0.1, 0.15) is 36.6 Å². The summed E-state index contributed by atoms with van der Waals surface area (Å²) in [4.78, 5) is 32.0. The average molecular weight is 541 g/mol. The molecule has 7 nitrogen and oxygen atoms in total. The van der Waals surface area contributed by atoms with E-state index in [1.54, 1.807) is 25.5 Å². The molecule has 0 N–H and O–H groups in total. The maximum Gasteiger partial charge on any atom is 0.338 e. The predicted molar refractivity (Wildman–Crippen MR) is 151 cm³/mol. The average Bonchev–Trinajstić information content (AvgIpc) is 3.26. The van der Waals surface area contributed by atoms with Crippen molar-refractivity contribution in [2.75, 3.05) is 13.7 Å². The van der Waals surface area contributed by atoms with Crippen molar-refractivity contribution in [1.82, 2.24) is 4.57 Å². The van der Waals surface area contributed by atoms with Crippen molar-refractivity contribution < 1.29 is 19.0 Å². The number of hydrogen-bond donors (Lipinski definition) is 0. The van der Waals surface area contributed by atoms with Crippen LogP contribution in [-0.2, 0) is 16.1 Å². The van der Waals surface area contributed by atoms with Gasteiger partial charge in [-0.1, -0.05) is 65.9 Å². The summed E-state index contributed by atoms with van der Waals surface area (Å²) in [6, 6.07) is 24.2. The number of esters is 1. The second-order valence-corrected chi connectivity index (χ2v) is 9.93. The second-order valence-electron chi connectivity index (χ2n) is 8.92. The number of carbonyl (C=O) groups excluding carboxylic acids is 1. The Morgan fingerprint density at radius 3 is 2.51 bits per heavy atom. The van der Waals surface area contributed by atoms with Crippen LogP contribution >= 0.6 is 11.3 Å². The summed E-state index contributed by atoms with van der Waals surface area (Å²) in [6.45, 7) is 4.22. The molecule has 0 amide bonds. The molecular weight excluding hydrogens is 512 g/mol.